The van der Waals surface area contributed by atoms with Crippen molar-refractivity contribution < 1.29 is 9.32 Å². The van der Waals surface area contributed by atoms with Gasteiger partial charge in [0.05, 0.1) is 12.5 Å². The predicted octanol–water partition coefficient (Wildman–Crippen LogP) is 5.71. The molecule has 154 valence electrons. The molecule has 0 saturated carbocycles. The second-order valence-corrected chi connectivity index (χ2v) is 8.14. The summed E-state index contributed by atoms with van der Waals surface area (Å²) in [6, 6.07) is 27.4. The van der Waals surface area contributed by atoms with Gasteiger partial charge >= 0.3 is 0 Å². The number of aromatic nitrogens is 1. The molecule has 1 aliphatic heterocycles. The van der Waals surface area contributed by atoms with Crippen molar-refractivity contribution in [2.45, 2.75) is 18.9 Å². The molecule has 1 aliphatic rings. The summed E-state index contributed by atoms with van der Waals surface area (Å²) in [5.41, 5.74) is 4.83. The zero-order chi connectivity index (χ0) is 21.2. The van der Waals surface area contributed by atoms with Crippen LogP contribution >= 0.6 is 11.6 Å². The number of carbonyl (C=O) groups is 1. The number of fused-ring (bicyclic) bond motifs is 1. The number of nitrogens with zero attached hydrogens (tertiary/aromatic N) is 2. The third kappa shape index (κ3) is 3.87. The molecule has 2 heterocycles. The largest absolute Gasteiger partial charge is 0.356 e. The highest BCUT2D eigenvalue weighted by atomic mass is 35.5. The minimum absolute atomic E-state index is 0.0825. The first-order valence-electron chi connectivity index (χ1n) is 10.3. The average molecular weight is 429 g/mol. The van der Waals surface area contributed by atoms with Crippen molar-refractivity contribution in [1.82, 2.24) is 10.1 Å². The minimum Gasteiger partial charge on any atom is -0.356 e. The third-order valence-electron chi connectivity index (χ3n) is 5.77. The summed E-state index contributed by atoms with van der Waals surface area (Å²) >= 11 is 6.01. The van der Waals surface area contributed by atoms with Crippen LogP contribution in [-0.4, -0.2) is 22.5 Å². The van der Waals surface area contributed by atoms with E-state index < -0.39 is 0 Å². The summed E-state index contributed by atoms with van der Waals surface area (Å²) in [4.78, 5) is 15.6. The predicted molar refractivity (Wildman–Crippen MR) is 121 cm³/mol. The fraction of sp³-hybridized carbons (Fsp3) is 0.154. The lowest BCUT2D eigenvalue weighted by molar-refractivity contribution is -0.132. The second-order valence-electron chi connectivity index (χ2n) is 7.71. The molecule has 0 bridgehead atoms. The molecular formula is C26H21ClN2O2. The molecule has 4 nitrogen and oxygen atoms in total. The van der Waals surface area contributed by atoms with Crippen LogP contribution in [0, 0.1) is 0 Å². The molecule has 31 heavy (non-hydrogen) atoms. The van der Waals surface area contributed by atoms with E-state index in [0.29, 0.717) is 24.5 Å². The van der Waals surface area contributed by atoms with Crippen molar-refractivity contribution in [3.8, 4) is 11.3 Å². The van der Waals surface area contributed by atoms with Gasteiger partial charge in [0.25, 0.3) is 0 Å². The topological polar surface area (TPSA) is 46.3 Å². The lowest BCUT2D eigenvalue weighted by Crippen LogP contribution is -2.39. The number of rotatable bonds is 4. The Morgan fingerprint density at radius 1 is 0.903 bits per heavy atom. The molecule has 0 unspecified atom stereocenters. The highest BCUT2D eigenvalue weighted by Crippen LogP contribution is 2.33. The van der Waals surface area contributed by atoms with E-state index >= 15 is 0 Å². The summed E-state index contributed by atoms with van der Waals surface area (Å²) in [6.45, 7) is 1.07. The number of carbonyl (C=O) groups excluding carboxylic acids is 1. The summed E-state index contributed by atoms with van der Waals surface area (Å²) < 4.78 is 5.67. The fourth-order valence-corrected chi connectivity index (χ4v) is 4.32. The Kier molecular flexibility index (Phi) is 5.31. The van der Waals surface area contributed by atoms with E-state index in [1.165, 1.54) is 0 Å². The molecule has 5 heteroatoms. The molecule has 0 spiro atoms. The molecule has 4 aromatic rings. The van der Waals surface area contributed by atoms with E-state index in [9.17, 15) is 4.79 Å². The summed E-state index contributed by atoms with van der Waals surface area (Å²) in [7, 11) is 0. The quantitative estimate of drug-likeness (QED) is 0.418. The van der Waals surface area contributed by atoms with Gasteiger partial charge in [0.15, 0.2) is 5.76 Å². The first kappa shape index (κ1) is 19.6. The molecule has 0 radical (unpaired) electrons. The summed E-state index contributed by atoms with van der Waals surface area (Å²) in [6.07, 6.45) is 0.707. The molecule has 0 saturated heterocycles. The molecule has 0 aliphatic carbocycles. The van der Waals surface area contributed by atoms with Gasteiger partial charge in [-0.1, -0.05) is 77.4 Å². The van der Waals surface area contributed by atoms with E-state index in [1.807, 2.05) is 89.8 Å². The first-order valence-corrected chi connectivity index (χ1v) is 10.7. The fourth-order valence-electron chi connectivity index (χ4n) is 4.20. The molecule has 0 fully saturated rings. The SMILES string of the molecule is O=C(C(c1ccccc1)c1ccccc1)N1CCc2c(noc2-c2ccc(Cl)cc2)C1. The van der Waals surface area contributed by atoms with E-state index in [2.05, 4.69) is 5.16 Å². The molecular weight excluding hydrogens is 408 g/mol. The zero-order valence-electron chi connectivity index (χ0n) is 16.9. The monoisotopic (exact) mass is 428 g/mol. The molecule has 1 amide bonds. The molecule has 0 N–H and O–H groups in total. The average Bonchev–Trinajstić information content (AvgIpc) is 3.24. The van der Waals surface area contributed by atoms with Gasteiger partial charge in [-0.3, -0.25) is 4.79 Å². The normalized spacial score (nSPS) is 13.3. The highest BCUT2D eigenvalue weighted by molar-refractivity contribution is 6.30. The second kappa shape index (κ2) is 8.40. The zero-order valence-corrected chi connectivity index (χ0v) is 17.6. The van der Waals surface area contributed by atoms with Gasteiger partial charge in [-0.15, -0.1) is 0 Å². The molecule has 1 aromatic heterocycles. The van der Waals surface area contributed by atoms with Crippen LogP contribution in [0.2, 0.25) is 5.02 Å². The van der Waals surface area contributed by atoms with Crippen molar-refractivity contribution in [2.75, 3.05) is 6.54 Å². The van der Waals surface area contributed by atoms with Crippen LogP contribution in [0.25, 0.3) is 11.3 Å². The lowest BCUT2D eigenvalue weighted by atomic mass is 9.89. The maximum Gasteiger partial charge on any atom is 0.234 e. The van der Waals surface area contributed by atoms with Gasteiger partial charge in [0.2, 0.25) is 5.91 Å². The van der Waals surface area contributed by atoms with Crippen molar-refractivity contribution in [2.24, 2.45) is 0 Å². The highest BCUT2D eigenvalue weighted by Gasteiger charge is 2.32. The number of hydrogen-bond donors (Lipinski definition) is 0. The van der Waals surface area contributed by atoms with Gasteiger partial charge in [-0.25, -0.2) is 0 Å². The van der Waals surface area contributed by atoms with Crippen molar-refractivity contribution in [3.05, 3.63) is 112 Å². The standard InChI is InChI=1S/C26H21ClN2O2/c27-21-13-11-20(12-14-21)25-22-15-16-29(17-23(22)28-31-25)26(30)24(18-7-3-1-4-8-18)19-9-5-2-6-10-19/h1-14,24H,15-17H2. The number of hydrogen-bond acceptors (Lipinski definition) is 3. The molecule has 3 aromatic carbocycles. The van der Waals surface area contributed by atoms with Crippen LogP contribution < -0.4 is 0 Å². The van der Waals surface area contributed by atoms with Crippen molar-refractivity contribution in [1.29, 1.82) is 0 Å². The van der Waals surface area contributed by atoms with Crippen LogP contribution in [0.3, 0.4) is 0 Å². The lowest BCUT2D eigenvalue weighted by Gasteiger charge is -2.30. The number of halogens is 1. The van der Waals surface area contributed by atoms with Crippen LogP contribution in [0.15, 0.2) is 89.5 Å². The minimum atomic E-state index is -0.341. The van der Waals surface area contributed by atoms with E-state index in [1.54, 1.807) is 0 Å². The molecule has 0 atom stereocenters. The van der Waals surface area contributed by atoms with Gasteiger partial charge < -0.3 is 9.42 Å². The van der Waals surface area contributed by atoms with Crippen LogP contribution in [0.4, 0.5) is 0 Å². The Morgan fingerprint density at radius 2 is 1.52 bits per heavy atom. The van der Waals surface area contributed by atoms with Gasteiger partial charge in [0.1, 0.15) is 5.69 Å². The maximum atomic E-state index is 13.7. The van der Waals surface area contributed by atoms with E-state index in [4.69, 9.17) is 16.1 Å². The first-order chi connectivity index (χ1) is 15.2. The Morgan fingerprint density at radius 3 is 2.13 bits per heavy atom. The van der Waals surface area contributed by atoms with Crippen LogP contribution in [0.1, 0.15) is 28.3 Å². The summed E-state index contributed by atoms with van der Waals surface area (Å²) in [5.74, 6) is 0.507. The van der Waals surface area contributed by atoms with E-state index in [-0.39, 0.29) is 11.8 Å². The van der Waals surface area contributed by atoms with Crippen LogP contribution in [0.5, 0.6) is 0 Å². The summed E-state index contributed by atoms with van der Waals surface area (Å²) in [5, 5.41) is 4.97. The third-order valence-corrected chi connectivity index (χ3v) is 6.02. The number of amides is 1. The Hall–Kier alpha value is -3.37. The Balaban J connectivity index is 1.44. The van der Waals surface area contributed by atoms with Gasteiger partial charge in [0, 0.05) is 22.7 Å². The smallest absolute Gasteiger partial charge is 0.234 e. The van der Waals surface area contributed by atoms with Crippen molar-refractivity contribution >= 4 is 17.5 Å². The number of benzene rings is 3. The van der Waals surface area contributed by atoms with Crippen LogP contribution in [-0.2, 0) is 17.8 Å². The van der Waals surface area contributed by atoms with E-state index in [0.717, 1.165) is 33.7 Å². The molecule has 5 rings (SSSR count). The maximum absolute atomic E-state index is 13.7. The van der Waals surface area contributed by atoms with Gasteiger partial charge in [-0.2, -0.15) is 0 Å². The Labute approximate surface area is 186 Å². The van der Waals surface area contributed by atoms with Crippen molar-refractivity contribution in [3.63, 3.8) is 0 Å². The van der Waals surface area contributed by atoms with Gasteiger partial charge in [-0.05, 0) is 41.8 Å². The Bertz CT molecular complexity index is 1150.